The Balaban J connectivity index is 1.51. The van der Waals surface area contributed by atoms with E-state index in [1.807, 2.05) is 6.07 Å². The lowest BCUT2D eigenvalue weighted by Crippen LogP contribution is -2.29. The molecule has 42 heavy (non-hydrogen) atoms. The van der Waals surface area contributed by atoms with Crippen LogP contribution in [0.4, 0.5) is 5.69 Å². The summed E-state index contributed by atoms with van der Waals surface area (Å²) >= 11 is -2.23. The van der Waals surface area contributed by atoms with Gasteiger partial charge in [0.25, 0.3) is 5.91 Å². The van der Waals surface area contributed by atoms with E-state index in [1.165, 1.54) is 38.5 Å². The molecule has 0 saturated carbocycles. The highest BCUT2D eigenvalue weighted by Crippen LogP contribution is 2.25. The lowest BCUT2D eigenvalue weighted by atomic mass is 9.93. The molecule has 0 aliphatic carbocycles. The van der Waals surface area contributed by atoms with Crippen molar-refractivity contribution in [2.45, 2.75) is 46.1 Å². The lowest BCUT2D eigenvalue weighted by molar-refractivity contribution is 0.0585. The third kappa shape index (κ3) is 6.43. The van der Waals surface area contributed by atoms with E-state index < -0.39 is 29.2 Å². The van der Waals surface area contributed by atoms with Gasteiger partial charge in [0.05, 0.1) is 31.5 Å². The number of carbonyl (C=O) groups is 3. The molecule has 0 bridgehead atoms. The highest BCUT2D eigenvalue weighted by atomic mass is 32.2. The number of hydrogen-bond acceptors (Lipinski definition) is 9. The van der Waals surface area contributed by atoms with Crippen LogP contribution in [0.1, 0.15) is 81.9 Å². The van der Waals surface area contributed by atoms with E-state index in [-0.39, 0.29) is 28.2 Å². The molecule has 2 unspecified atom stereocenters. The Hall–Kier alpha value is -4.72. The first-order valence-corrected chi connectivity index (χ1v) is 13.9. The van der Waals surface area contributed by atoms with Crippen molar-refractivity contribution < 1.29 is 32.2 Å². The molecule has 0 saturated heterocycles. The molecule has 0 fully saturated rings. The van der Waals surface area contributed by atoms with Crippen molar-refractivity contribution >= 4 is 40.4 Å². The number of ether oxygens (including phenoxy) is 2. The maximum atomic E-state index is 13.3. The highest BCUT2D eigenvalue weighted by molar-refractivity contribution is 7.82. The predicted molar refractivity (Wildman–Crippen MR) is 155 cm³/mol. The molecule has 222 valence electrons. The van der Waals surface area contributed by atoms with Crippen molar-refractivity contribution in [2.75, 3.05) is 18.9 Å². The summed E-state index contributed by atoms with van der Waals surface area (Å²) in [5.74, 6) is -1.43. The van der Waals surface area contributed by atoms with Gasteiger partial charge in [0.1, 0.15) is 5.56 Å². The largest absolute Gasteiger partial charge is 0.465 e. The summed E-state index contributed by atoms with van der Waals surface area (Å²) in [5, 5.41) is 14.7. The van der Waals surface area contributed by atoms with Gasteiger partial charge in [0, 0.05) is 22.7 Å². The number of rotatable bonds is 9. The van der Waals surface area contributed by atoms with Crippen molar-refractivity contribution in [3.63, 3.8) is 0 Å². The quantitative estimate of drug-likeness (QED) is 0.244. The number of aromatic nitrogens is 4. The number of carbonyl (C=O) groups excluding carboxylic acids is 3. The zero-order chi connectivity index (χ0) is 30.8. The van der Waals surface area contributed by atoms with Gasteiger partial charge in [0.15, 0.2) is 17.2 Å². The standard InChI is InChI=1S/C28H32N6O7S/c1-15-8-10-18(33-42(38)41-21-12-17(26(36)39-6)9-11-19(21)27(37)40-7)13-20(15)25(35)29-16(2)24-31-30-23-14-22(28(3,4)5)32-34(23)24/h8-14,16,32-33H,1-7H3,(H,29,35). The van der Waals surface area contributed by atoms with Crippen LogP contribution in [0, 0.1) is 6.92 Å². The molecule has 3 N–H and O–H groups in total. The number of hydrogen-bond donors (Lipinski definition) is 3. The molecule has 0 aliphatic rings. The Bertz CT molecular complexity index is 1690. The molecule has 4 rings (SSSR count). The molecule has 2 atom stereocenters. The molecule has 2 heterocycles. The predicted octanol–water partition coefficient (Wildman–Crippen LogP) is 3.80. The van der Waals surface area contributed by atoms with E-state index in [4.69, 9.17) is 13.7 Å². The van der Waals surface area contributed by atoms with Crippen LogP contribution in [-0.4, -0.2) is 56.1 Å². The lowest BCUT2D eigenvalue weighted by Gasteiger charge is -2.16. The molecular weight excluding hydrogens is 564 g/mol. The molecule has 0 aliphatic heterocycles. The van der Waals surface area contributed by atoms with Crippen LogP contribution in [0.15, 0.2) is 42.5 Å². The summed E-state index contributed by atoms with van der Waals surface area (Å²) in [6.45, 7) is 9.81. The summed E-state index contributed by atoms with van der Waals surface area (Å²) in [6.07, 6.45) is 0. The number of nitrogens with zero attached hydrogens (tertiary/aromatic N) is 3. The van der Waals surface area contributed by atoms with E-state index >= 15 is 0 Å². The second-order valence-corrected chi connectivity index (χ2v) is 11.4. The second kappa shape index (κ2) is 12.0. The maximum Gasteiger partial charge on any atom is 0.341 e. The molecule has 13 nitrogen and oxygen atoms in total. The van der Waals surface area contributed by atoms with Gasteiger partial charge >= 0.3 is 23.2 Å². The van der Waals surface area contributed by atoms with E-state index in [0.717, 1.165) is 5.69 Å². The first-order valence-electron chi connectivity index (χ1n) is 12.9. The molecule has 0 spiro atoms. The average Bonchev–Trinajstić information content (AvgIpc) is 3.54. The molecule has 1 amide bonds. The zero-order valence-corrected chi connectivity index (χ0v) is 25.0. The van der Waals surface area contributed by atoms with Crippen LogP contribution in [0.25, 0.3) is 5.65 Å². The van der Waals surface area contributed by atoms with Crippen molar-refractivity contribution in [2.24, 2.45) is 0 Å². The summed E-state index contributed by atoms with van der Waals surface area (Å²) in [4.78, 5) is 37.4. The molecule has 14 heteroatoms. The smallest absolute Gasteiger partial charge is 0.341 e. The third-order valence-electron chi connectivity index (χ3n) is 6.42. The number of nitrogens with one attached hydrogen (secondary N) is 3. The normalized spacial score (nSPS) is 12.8. The Kier molecular flexibility index (Phi) is 8.66. The van der Waals surface area contributed by atoms with Crippen molar-refractivity contribution in [3.05, 3.63) is 76.2 Å². The van der Waals surface area contributed by atoms with Crippen LogP contribution >= 0.6 is 0 Å². The third-order valence-corrected chi connectivity index (χ3v) is 7.15. The van der Waals surface area contributed by atoms with Crippen LogP contribution < -0.4 is 14.2 Å². The van der Waals surface area contributed by atoms with Gasteiger partial charge in [-0.25, -0.2) is 14.1 Å². The van der Waals surface area contributed by atoms with E-state index in [2.05, 4.69) is 46.1 Å². The minimum absolute atomic E-state index is 0.0439. The highest BCUT2D eigenvalue weighted by Gasteiger charge is 2.23. The first-order chi connectivity index (χ1) is 19.8. The van der Waals surface area contributed by atoms with Gasteiger partial charge in [0.2, 0.25) is 0 Å². The number of fused-ring (bicyclic) bond motifs is 1. The number of esters is 2. The number of H-pyrrole nitrogens is 1. The minimum Gasteiger partial charge on any atom is -0.465 e. The SMILES string of the molecule is COC(=O)c1ccc(C(=O)OC)c(OS(=O)Nc2ccc(C)c(C(=O)NC(C)c3nnc4cc(C(C)(C)C)[nH]n34)c2)c1. The van der Waals surface area contributed by atoms with Crippen molar-refractivity contribution in [3.8, 4) is 5.75 Å². The molecular formula is C28H32N6O7S. The van der Waals surface area contributed by atoms with E-state index in [0.29, 0.717) is 28.3 Å². The minimum atomic E-state index is -2.23. The molecule has 0 radical (unpaired) electrons. The number of anilines is 1. The van der Waals surface area contributed by atoms with Gasteiger partial charge in [-0.3, -0.25) is 14.6 Å². The molecule has 2 aromatic carbocycles. The summed E-state index contributed by atoms with van der Waals surface area (Å²) in [6, 6.07) is 10.2. The summed E-state index contributed by atoms with van der Waals surface area (Å²) in [7, 11) is 2.39. The number of methoxy groups -OCH3 is 2. The number of benzene rings is 2. The number of aromatic amines is 1. The summed E-state index contributed by atoms with van der Waals surface area (Å²) in [5.41, 5.74) is 2.86. The number of amides is 1. The fourth-order valence-electron chi connectivity index (χ4n) is 4.05. The average molecular weight is 597 g/mol. The van der Waals surface area contributed by atoms with Gasteiger partial charge in [-0.1, -0.05) is 26.8 Å². The van der Waals surface area contributed by atoms with Crippen LogP contribution in [0.5, 0.6) is 5.75 Å². The first kappa shape index (κ1) is 30.2. The second-order valence-electron chi connectivity index (χ2n) is 10.5. The van der Waals surface area contributed by atoms with Crippen LogP contribution in [0.3, 0.4) is 0 Å². The Morgan fingerprint density at radius 2 is 1.69 bits per heavy atom. The zero-order valence-electron chi connectivity index (χ0n) is 24.2. The number of aryl methyl sites for hydroxylation is 1. The topological polar surface area (TPSA) is 166 Å². The van der Waals surface area contributed by atoms with Crippen LogP contribution in [0.2, 0.25) is 0 Å². The Morgan fingerprint density at radius 3 is 2.36 bits per heavy atom. The van der Waals surface area contributed by atoms with Gasteiger partial charge in [-0.05, 0) is 49.7 Å². The van der Waals surface area contributed by atoms with E-state index in [9.17, 15) is 18.6 Å². The Morgan fingerprint density at radius 1 is 0.976 bits per heavy atom. The van der Waals surface area contributed by atoms with E-state index in [1.54, 1.807) is 30.5 Å². The van der Waals surface area contributed by atoms with Gasteiger partial charge in [-0.15, -0.1) is 10.2 Å². The van der Waals surface area contributed by atoms with Crippen LogP contribution in [-0.2, 0) is 26.2 Å². The Labute approximate surface area is 244 Å². The van der Waals surface area contributed by atoms with Crippen molar-refractivity contribution in [1.29, 1.82) is 0 Å². The monoisotopic (exact) mass is 596 g/mol. The fourth-order valence-corrected chi connectivity index (χ4v) is 4.71. The van der Waals surface area contributed by atoms with Crippen molar-refractivity contribution in [1.82, 2.24) is 25.1 Å². The molecule has 2 aromatic heterocycles. The van der Waals surface area contributed by atoms with Gasteiger partial charge < -0.3 is 19.0 Å². The molecule has 4 aromatic rings. The van der Waals surface area contributed by atoms with Gasteiger partial charge in [-0.2, -0.15) is 4.21 Å². The summed E-state index contributed by atoms with van der Waals surface area (Å²) < 4.78 is 32.2. The fraction of sp³-hybridized carbons (Fsp3) is 0.321. The maximum absolute atomic E-state index is 13.3.